The minimum absolute atomic E-state index is 0.0866. The zero-order valence-electron chi connectivity index (χ0n) is 16.5. The summed E-state index contributed by atoms with van der Waals surface area (Å²) in [6.45, 7) is 2.24. The molecule has 1 aromatic rings. The first-order chi connectivity index (χ1) is 13.2. The molecule has 8 nitrogen and oxygen atoms in total. The normalized spacial score (nSPS) is 19.7. The van der Waals surface area contributed by atoms with Gasteiger partial charge in [-0.25, -0.2) is 17.9 Å². The van der Waals surface area contributed by atoms with Crippen molar-refractivity contribution in [2.24, 2.45) is 5.92 Å². The number of sulfonamides is 1. The molecule has 1 saturated carbocycles. The Morgan fingerprint density at radius 2 is 1.82 bits per heavy atom. The van der Waals surface area contributed by atoms with E-state index in [1.165, 1.54) is 14.2 Å². The zero-order valence-corrected chi connectivity index (χ0v) is 17.3. The summed E-state index contributed by atoms with van der Waals surface area (Å²) < 4.78 is 36.9. The number of ether oxygens (including phenoxy) is 2. The summed E-state index contributed by atoms with van der Waals surface area (Å²) in [6.07, 6.45) is 3.56. The number of amides is 1. The molecule has 156 valence electrons. The maximum atomic E-state index is 12.2. The van der Waals surface area contributed by atoms with Crippen LogP contribution in [0.3, 0.4) is 0 Å². The van der Waals surface area contributed by atoms with Crippen LogP contribution in [-0.2, 0) is 26.1 Å². The van der Waals surface area contributed by atoms with Crippen LogP contribution in [0.2, 0.25) is 0 Å². The highest BCUT2D eigenvalue weighted by atomic mass is 32.2. The molecule has 28 heavy (non-hydrogen) atoms. The van der Waals surface area contributed by atoms with E-state index in [0.29, 0.717) is 17.2 Å². The van der Waals surface area contributed by atoms with Gasteiger partial charge in [-0.15, -0.1) is 0 Å². The summed E-state index contributed by atoms with van der Waals surface area (Å²) in [5, 5.41) is 2.57. The summed E-state index contributed by atoms with van der Waals surface area (Å²) in [5.74, 6) is -0.816. The van der Waals surface area contributed by atoms with Crippen LogP contribution in [-0.4, -0.2) is 46.3 Å². The molecule has 0 unspecified atom stereocenters. The lowest BCUT2D eigenvalue weighted by Gasteiger charge is -2.26. The van der Waals surface area contributed by atoms with Crippen LogP contribution in [0.4, 0.5) is 0 Å². The molecule has 0 bridgehead atoms. The van der Waals surface area contributed by atoms with Gasteiger partial charge in [-0.2, -0.15) is 0 Å². The van der Waals surface area contributed by atoms with E-state index in [9.17, 15) is 18.0 Å². The predicted molar refractivity (Wildman–Crippen MR) is 105 cm³/mol. The molecule has 2 N–H and O–H groups in total. The average molecular weight is 413 g/mol. The summed E-state index contributed by atoms with van der Waals surface area (Å²) in [5.41, 5.74) is 0.860. The second-order valence-electron chi connectivity index (χ2n) is 7.14. The fraction of sp³-hybridized carbons (Fsp3) is 0.579. The van der Waals surface area contributed by atoms with Crippen molar-refractivity contribution < 1.29 is 27.5 Å². The Hall–Kier alpha value is -2.13. The van der Waals surface area contributed by atoms with Crippen molar-refractivity contribution >= 4 is 21.9 Å². The van der Waals surface area contributed by atoms with Gasteiger partial charge in [0.05, 0.1) is 14.2 Å². The number of hydrogen-bond donors (Lipinski definition) is 2. The van der Waals surface area contributed by atoms with Crippen LogP contribution >= 0.6 is 0 Å². The van der Waals surface area contributed by atoms with Crippen LogP contribution < -0.4 is 14.8 Å². The molecule has 0 heterocycles. The molecular formula is C19H28N2O6S. The monoisotopic (exact) mass is 412 g/mol. The molecule has 1 aliphatic carbocycles. The van der Waals surface area contributed by atoms with Crippen molar-refractivity contribution in [2.75, 3.05) is 20.0 Å². The average Bonchev–Trinajstić information content (AvgIpc) is 2.66. The fourth-order valence-corrected chi connectivity index (χ4v) is 4.51. The third-order valence-corrected chi connectivity index (χ3v) is 6.18. The van der Waals surface area contributed by atoms with E-state index in [2.05, 4.69) is 17.0 Å². The van der Waals surface area contributed by atoms with Gasteiger partial charge in [0.25, 0.3) is 0 Å². The molecule has 9 heteroatoms. The van der Waals surface area contributed by atoms with E-state index >= 15 is 0 Å². The maximum absolute atomic E-state index is 12.2. The Balaban J connectivity index is 1.90. The lowest BCUT2D eigenvalue weighted by Crippen LogP contribution is -2.42. The highest BCUT2D eigenvalue weighted by Crippen LogP contribution is 2.24. The second kappa shape index (κ2) is 9.88. The Labute approximate surface area is 166 Å². The molecule has 2 rings (SSSR count). The molecular weight excluding hydrogens is 384 g/mol. The van der Waals surface area contributed by atoms with E-state index in [1.807, 2.05) is 0 Å². The van der Waals surface area contributed by atoms with Crippen molar-refractivity contribution in [3.05, 3.63) is 29.3 Å². The van der Waals surface area contributed by atoms with Crippen LogP contribution in [0.1, 0.15) is 48.5 Å². The minimum atomic E-state index is -3.69. The van der Waals surface area contributed by atoms with Gasteiger partial charge in [0.2, 0.25) is 15.9 Å². The first-order valence-electron chi connectivity index (χ1n) is 9.26. The first kappa shape index (κ1) is 22.2. The number of nitrogens with one attached hydrogen (secondary N) is 2. The number of rotatable bonds is 8. The van der Waals surface area contributed by atoms with Crippen molar-refractivity contribution in [3.63, 3.8) is 0 Å². The van der Waals surface area contributed by atoms with Crippen molar-refractivity contribution in [2.45, 2.75) is 45.2 Å². The zero-order chi connectivity index (χ0) is 20.7. The number of methoxy groups -OCH3 is 2. The molecule has 1 aromatic carbocycles. The van der Waals surface area contributed by atoms with Gasteiger partial charge < -0.3 is 14.8 Å². The largest absolute Gasteiger partial charge is 0.496 e. The molecule has 1 amide bonds. The quantitative estimate of drug-likeness (QED) is 0.628. The van der Waals surface area contributed by atoms with Crippen LogP contribution in [0.5, 0.6) is 5.75 Å². The molecule has 1 aliphatic rings. The Morgan fingerprint density at radius 3 is 2.43 bits per heavy atom. The molecule has 0 aliphatic heterocycles. The molecule has 1 fully saturated rings. The van der Waals surface area contributed by atoms with Crippen molar-refractivity contribution in [1.29, 1.82) is 0 Å². The molecule has 0 spiro atoms. The third kappa shape index (κ3) is 6.49. The highest BCUT2D eigenvalue weighted by molar-refractivity contribution is 7.90. The lowest BCUT2D eigenvalue weighted by atomic mass is 9.88. The molecule has 0 aromatic heterocycles. The number of carbonyl (C=O) groups excluding carboxylic acids is 2. The van der Waals surface area contributed by atoms with Crippen molar-refractivity contribution in [3.8, 4) is 5.75 Å². The summed E-state index contributed by atoms with van der Waals surface area (Å²) in [7, 11) is -0.991. The molecule has 0 radical (unpaired) electrons. The SMILES string of the molecule is COC(=O)c1cc(CNC(=O)CS(=O)(=O)NC2CCC(C)CC2)ccc1OC. The smallest absolute Gasteiger partial charge is 0.341 e. The van der Waals surface area contributed by atoms with E-state index in [4.69, 9.17) is 9.47 Å². The number of carbonyl (C=O) groups is 2. The summed E-state index contributed by atoms with van der Waals surface area (Å²) in [6, 6.07) is 4.72. The van der Waals surface area contributed by atoms with Gasteiger partial charge in [0, 0.05) is 12.6 Å². The molecule has 0 saturated heterocycles. The van der Waals surface area contributed by atoms with Crippen molar-refractivity contribution in [1.82, 2.24) is 10.0 Å². The van der Waals surface area contributed by atoms with Gasteiger partial charge in [-0.05, 0) is 49.3 Å². The number of benzene rings is 1. The van der Waals surface area contributed by atoms with Crippen LogP contribution in [0.15, 0.2) is 18.2 Å². The second-order valence-corrected chi connectivity index (χ2v) is 8.89. The van der Waals surface area contributed by atoms with E-state index in [-0.39, 0.29) is 18.2 Å². The number of hydrogen-bond acceptors (Lipinski definition) is 6. The van der Waals surface area contributed by atoms with E-state index in [1.54, 1.807) is 18.2 Å². The highest BCUT2D eigenvalue weighted by Gasteiger charge is 2.24. The summed E-state index contributed by atoms with van der Waals surface area (Å²) >= 11 is 0. The number of esters is 1. The van der Waals surface area contributed by atoms with Gasteiger partial charge >= 0.3 is 5.97 Å². The lowest BCUT2D eigenvalue weighted by molar-refractivity contribution is -0.118. The Bertz CT molecular complexity index is 801. The first-order valence-corrected chi connectivity index (χ1v) is 10.9. The van der Waals surface area contributed by atoms with E-state index < -0.39 is 27.7 Å². The minimum Gasteiger partial charge on any atom is -0.496 e. The van der Waals surface area contributed by atoms with Gasteiger partial charge in [-0.3, -0.25) is 4.79 Å². The fourth-order valence-electron chi connectivity index (χ4n) is 3.23. The van der Waals surface area contributed by atoms with Gasteiger partial charge in [-0.1, -0.05) is 13.0 Å². The van der Waals surface area contributed by atoms with Gasteiger partial charge in [0.1, 0.15) is 17.1 Å². The third-order valence-electron chi connectivity index (χ3n) is 4.84. The maximum Gasteiger partial charge on any atom is 0.341 e. The summed E-state index contributed by atoms with van der Waals surface area (Å²) in [4.78, 5) is 23.9. The Morgan fingerprint density at radius 1 is 1.14 bits per heavy atom. The van der Waals surface area contributed by atoms with E-state index in [0.717, 1.165) is 25.7 Å². The predicted octanol–water partition coefficient (Wildman–Crippen LogP) is 1.60. The topological polar surface area (TPSA) is 111 Å². The van der Waals surface area contributed by atoms with Crippen LogP contribution in [0, 0.1) is 5.92 Å². The van der Waals surface area contributed by atoms with Gasteiger partial charge in [0.15, 0.2) is 0 Å². The molecule has 0 atom stereocenters. The van der Waals surface area contributed by atoms with Crippen LogP contribution in [0.25, 0.3) is 0 Å². The standard InChI is InChI=1S/C19H28N2O6S/c1-13-4-7-15(8-5-13)21-28(24,25)12-18(22)20-11-14-6-9-17(26-2)16(10-14)19(23)27-3/h6,9-10,13,15,21H,4-5,7-8,11-12H2,1-3H3,(H,20,22). The Kier molecular flexibility index (Phi) is 7.82.